The van der Waals surface area contributed by atoms with Crippen LogP contribution in [0.25, 0.3) is 10.9 Å². The third-order valence-electron chi connectivity index (χ3n) is 2.51. The minimum Gasteiger partial charge on any atom is -0.370 e. The molecule has 1 unspecified atom stereocenters. The van der Waals surface area contributed by atoms with E-state index in [2.05, 4.69) is 15.5 Å². The second-order valence-corrected chi connectivity index (χ2v) is 3.66. The predicted molar refractivity (Wildman–Crippen MR) is 61.8 cm³/mol. The second-order valence-electron chi connectivity index (χ2n) is 3.66. The Morgan fingerprint density at radius 2 is 2.29 bits per heavy atom. The van der Waals surface area contributed by atoms with Gasteiger partial charge in [-0.15, -0.1) is 0 Å². The molecule has 88 valence electrons. The van der Waals surface area contributed by atoms with Crippen LogP contribution < -0.4 is 11.1 Å². The van der Waals surface area contributed by atoms with Crippen LogP contribution in [0.3, 0.4) is 0 Å². The number of H-pyrrole nitrogens is 1. The molecule has 0 spiro atoms. The molecule has 0 radical (unpaired) electrons. The molecule has 4 N–H and O–H groups in total. The van der Waals surface area contributed by atoms with Gasteiger partial charge in [0, 0.05) is 5.39 Å². The number of nitrogens with two attached hydrogens (primary N) is 1. The van der Waals surface area contributed by atoms with Gasteiger partial charge in [0.1, 0.15) is 0 Å². The summed E-state index contributed by atoms with van der Waals surface area (Å²) >= 11 is 0. The molecule has 2 aromatic rings. The van der Waals surface area contributed by atoms with Crippen LogP contribution >= 0.6 is 0 Å². The fourth-order valence-corrected chi connectivity index (χ4v) is 1.77. The van der Waals surface area contributed by atoms with E-state index in [-0.39, 0.29) is 6.42 Å². The Morgan fingerprint density at radius 3 is 3.00 bits per heavy atom. The van der Waals surface area contributed by atoms with Gasteiger partial charge in [0.25, 0.3) is 0 Å². The largest absolute Gasteiger partial charge is 0.370 e. The molecule has 0 saturated heterocycles. The molecular weight excluding hydrogens is 220 g/mol. The molecule has 17 heavy (non-hydrogen) atoms. The first-order chi connectivity index (χ1) is 8.22. The Kier molecular flexibility index (Phi) is 3.04. The van der Waals surface area contributed by atoms with E-state index in [1.165, 1.54) is 0 Å². The van der Waals surface area contributed by atoms with E-state index in [1.54, 1.807) is 0 Å². The van der Waals surface area contributed by atoms with Gasteiger partial charge in [-0.2, -0.15) is 5.10 Å². The topological polar surface area (TPSA) is 101 Å². The zero-order chi connectivity index (χ0) is 12.3. The SMILES string of the molecule is NC(=O)CC(NC=O)c1[nH]nc2ccccc12. The minimum atomic E-state index is -0.483. The molecule has 1 heterocycles. The number of primary amides is 1. The monoisotopic (exact) mass is 232 g/mol. The van der Waals surface area contributed by atoms with Crippen molar-refractivity contribution >= 4 is 23.2 Å². The van der Waals surface area contributed by atoms with Crippen LogP contribution in [0.2, 0.25) is 0 Å². The maximum Gasteiger partial charge on any atom is 0.219 e. The molecule has 2 rings (SSSR count). The molecule has 0 saturated carbocycles. The first-order valence-electron chi connectivity index (χ1n) is 5.13. The average molecular weight is 232 g/mol. The lowest BCUT2D eigenvalue weighted by atomic mass is 10.1. The normalized spacial score (nSPS) is 12.2. The first kappa shape index (κ1) is 11.1. The number of rotatable bonds is 5. The number of carbonyl (C=O) groups excluding carboxylic acids is 2. The fraction of sp³-hybridized carbons (Fsp3) is 0.182. The van der Waals surface area contributed by atoms with Crippen LogP contribution in [0.5, 0.6) is 0 Å². The molecule has 6 heteroatoms. The number of benzene rings is 1. The van der Waals surface area contributed by atoms with Crippen molar-refractivity contribution in [1.82, 2.24) is 15.5 Å². The summed E-state index contributed by atoms with van der Waals surface area (Å²) in [5.74, 6) is -0.483. The lowest BCUT2D eigenvalue weighted by Crippen LogP contribution is -2.26. The summed E-state index contributed by atoms with van der Waals surface area (Å²) in [4.78, 5) is 21.5. The Bertz CT molecular complexity index is 549. The number of para-hydroxylation sites is 1. The number of hydrogen-bond donors (Lipinski definition) is 3. The lowest BCUT2D eigenvalue weighted by molar-refractivity contribution is -0.118. The smallest absolute Gasteiger partial charge is 0.219 e. The van der Waals surface area contributed by atoms with E-state index in [0.717, 1.165) is 10.9 Å². The van der Waals surface area contributed by atoms with E-state index >= 15 is 0 Å². The van der Waals surface area contributed by atoms with Gasteiger partial charge in [0.15, 0.2) is 0 Å². The molecule has 1 aromatic carbocycles. The van der Waals surface area contributed by atoms with Crippen molar-refractivity contribution in [2.75, 3.05) is 0 Å². The molecule has 0 fully saturated rings. The Labute approximate surface area is 97.2 Å². The Morgan fingerprint density at radius 1 is 1.53 bits per heavy atom. The van der Waals surface area contributed by atoms with E-state index in [0.29, 0.717) is 12.1 Å². The fourth-order valence-electron chi connectivity index (χ4n) is 1.77. The lowest BCUT2D eigenvalue weighted by Gasteiger charge is -2.12. The van der Waals surface area contributed by atoms with Crippen molar-refractivity contribution in [1.29, 1.82) is 0 Å². The molecule has 1 atom stereocenters. The summed E-state index contributed by atoms with van der Waals surface area (Å²) in [5, 5.41) is 10.3. The zero-order valence-corrected chi connectivity index (χ0v) is 9.01. The van der Waals surface area contributed by atoms with Crippen LogP contribution in [0.1, 0.15) is 18.2 Å². The van der Waals surface area contributed by atoms with E-state index in [4.69, 9.17) is 5.73 Å². The van der Waals surface area contributed by atoms with Crippen molar-refractivity contribution in [3.05, 3.63) is 30.0 Å². The van der Waals surface area contributed by atoms with Crippen LogP contribution in [0.4, 0.5) is 0 Å². The number of nitrogens with one attached hydrogen (secondary N) is 2. The summed E-state index contributed by atoms with van der Waals surface area (Å²) in [5.41, 5.74) is 6.61. The number of aromatic amines is 1. The van der Waals surface area contributed by atoms with E-state index in [1.807, 2.05) is 24.3 Å². The van der Waals surface area contributed by atoms with Gasteiger partial charge in [-0.1, -0.05) is 18.2 Å². The number of carbonyl (C=O) groups is 2. The third-order valence-corrected chi connectivity index (χ3v) is 2.51. The van der Waals surface area contributed by atoms with Crippen molar-refractivity contribution in [2.24, 2.45) is 5.73 Å². The van der Waals surface area contributed by atoms with Crippen molar-refractivity contribution in [2.45, 2.75) is 12.5 Å². The summed E-state index contributed by atoms with van der Waals surface area (Å²) in [6.45, 7) is 0. The summed E-state index contributed by atoms with van der Waals surface area (Å²) in [7, 11) is 0. The highest BCUT2D eigenvalue weighted by atomic mass is 16.1. The summed E-state index contributed by atoms with van der Waals surface area (Å²) < 4.78 is 0. The number of fused-ring (bicyclic) bond motifs is 1. The van der Waals surface area contributed by atoms with Gasteiger partial charge in [0.2, 0.25) is 12.3 Å². The zero-order valence-electron chi connectivity index (χ0n) is 9.01. The standard InChI is InChI=1S/C11H12N4O2/c12-10(17)5-9(13-6-16)11-7-3-1-2-4-8(7)14-15-11/h1-4,6,9H,5H2,(H2,12,17)(H,13,16)(H,14,15). The van der Waals surface area contributed by atoms with Gasteiger partial charge in [-0.05, 0) is 6.07 Å². The highest BCUT2D eigenvalue weighted by Gasteiger charge is 2.18. The van der Waals surface area contributed by atoms with Gasteiger partial charge < -0.3 is 11.1 Å². The van der Waals surface area contributed by atoms with Crippen molar-refractivity contribution in [3.8, 4) is 0 Å². The number of aromatic nitrogens is 2. The van der Waals surface area contributed by atoms with Crippen LogP contribution in [-0.4, -0.2) is 22.5 Å². The maximum atomic E-state index is 10.9. The second kappa shape index (κ2) is 4.65. The highest BCUT2D eigenvalue weighted by Crippen LogP contribution is 2.23. The van der Waals surface area contributed by atoms with Gasteiger partial charge in [-0.25, -0.2) is 0 Å². The van der Waals surface area contributed by atoms with Gasteiger partial charge >= 0.3 is 0 Å². The highest BCUT2D eigenvalue weighted by molar-refractivity contribution is 5.83. The van der Waals surface area contributed by atoms with Gasteiger partial charge in [0.05, 0.1) is 23.7 Å². The van der Waals surface area contributed by atoms with Crippen molar-refractivity contribution < 1.29 is 9.59 Å². The molecule has 0 aliphatic rings. The third kappa shape index (κ3) is 2.25. The Balaban J connectivity index is 2.40. The maximum absolute atomic E-state index is 10.9. The Hall–Kier alpha value is -2.37. The van der Waals surface area contributed by atoms with Crippen LogP contribution in [-0.2, 0) is 9.59 Å². The summed E-state index contributed by atoms with van der Waals surface area (Å²) in [6, 6.07) is 6.97. The minimum absolute atomic E-state index is 0.0327. The number of nitrogens with zero attached hydrogens (tertiary/aromatic N) is 1. The predicted octanol–water partition coefficient (Wildman–Crippen LogP) is 0.225. The molecule has 2 amide bonds. The quantitative estimate of drug-likeness (QED) is 0.643. The molecule has 1 aromatic heterocycles. The average Bonchev–Trinajstić information content (AvgIpc) is 2.71. The molecule has 0 aliphatic carbocycles. The van der Waals surface area contributed by atoms with E-state index in [9.17, 15) is 9.59 Å². The van der Waals surface area contributed by atoms with Crippen molar-refractivity contribution in [3.63, 3.8) is 0 Å². The molecular formula is C11H12N4O2. The van der Waals surface area contributed by atoms with Gasteiger partial charge in [-0.3, -0.25) is 14.7 Å². The van der Waals surface area contributed by atoms with Crippen LogP contribution in [0.15, 0.2) is 24.3 Å². The van der Waals surface area contributed by atoms with Crippen LogP contribution in [0, 0.1) is 0 Å². The number of amides is 2. The molecule has 0 aliphatic heterocycles. The van der Waals surface area contributed by atoms with E-state index < -0.39 is 11.9 Å². The number of hydrogen-bond acceptors (Lipinski definition) is 3. The summed E-state index contributed by atoms with van der Waals surface area (Å²) in [6.07, 6.45) is 0.578. The molecule has 0 bridgehead atoms. The molecule has 6 nitrogen and oxygen atoms in total. The first-order valence-corrected chi connectivity index (χ1v) is 5.13.